The van der Waals surface area contributed by atoms with E-state index in [2.05, 4.69) is 20.8 Å². The van der Waals surface area contributed by atoms with Gasteiger partial charge in [0.15, 0.2) is 6.61 Å². The first-order valence-electron chi connectivity index (χ1n) is 16.1. The van der Waals surface area contributed by atoms with Gasteiger partial charge in [-0.2, -0.15) is 0 Å². The van der Waals surface area contributed by atoms with Crippen LogP contribution < -0.4 is 0 Å². The molecule has 6 nitrogen and oxygen atoms in total. The molecule has 0 aliphatic heterocycles. The SMILES string of the molecule is CCCCCCCCCCCC(=O)OC(COC(=O)CCCCCCC)OC(=O)CCCCCCCCC. The average Bonchev–Trinajstić information content (AvgIpc) is 2.90. The molecule has 0 aliphatic carbocycles. The molecule has 0 spiro atoms. The maximum Gasteiger partial charge on any atom is 0.308 e. The number of unbranched alkanes of at least 4 members (excludes halogenated alkanes) is 18. The van der Waals surface area contributed by atoms with Crippen molar-refractivity contribution in [2.75, 3.05) is 6.61 Å². The molecule has 1 atom stereocenters. The Hall–Kier alpha value is -1.59. The van der Waals surface area contributed by atoms with E-state index >= 15 is 0 Å². The van der Waals surface area contributed by atoms with Crippen LogP contribution in [-0.2, 0) is 28.6 Å². The van der Waals surface area contributed by atoms with Gasteiger partial charge in [-0.1, -0.05) is 136 Å². The van der Waals surface area contributed by atoms with Crippen molar-refractivity contribution in [1.29, 1.82) is 0 Å². The summed E-state index contributed by atoms with van der Waals surface area (Å²) in [4.78, 5) is 36.9. The Bertz CT molecular complexity index is 562. The Labute approximate surface area is 234 Å². The lowest BCUT2D eigenvalue weighted by molar-refractivity contribution is -0.200. The predicted octanol–water partition coefficient (Wildman–Crippen LogP) is 9.36. The first kappa shape index (κ1) is 36.4. The fraction of sp³-hybridized carbons (Fsp3) is 0.906. The topological polar surface area (TPSA) is 78.9 Å². The highest BCUT2D eigenvalue weighted by Crippen LogP contribution is 2.13. The van der Waals surface area contributed by atoms with Crippen molar-refractivity contribution < 1.29 is 28.6 Å². The van der Waals surface area contributed by atoms with Gasteiger partial charge < -0.3 is 14.2 Å². The van der Waals surface area contributed by atoms with Gasteiger partial charge in [0, 0.05) is 19.3 Å². The van der Waals surface area contributed by atoms with Crippen LogP contribution in [-0.4, -0.2) is 30.8 Å². The quantitative estimate of drug-likeness (QED) is 0.0559. The van der Waals surface area contributed by atoms with Crippen molar-refractivity contribution in [3.8, 4) is 0 Å². The molecular formula is C32H60O6. The highest BCUT2D eigenvalue weighted by molar-refractivity contribution is 5.72. The maximum absolute atomic E-state index is 12.4. The van der Waals surface area contributed by atoms with Gasteiger partial charge >= 0.3 is 17.9 Å². The van der Waals surface area contributed by atoms with Gasteiger partial charge in [-0.3, -0.25) is 14.4 Å². The highest BCUT2D eigenvalue weighted by atomic mass is 16.7. The van der Waals surface area contributed by atoms with E-state index in [0.29, 0.717) is 6.42 Å². The molecule has 0 fully saturated rings. The van der Waals surface area contributed by atoms with E-state index in [9.17, 15) is 14.4 Å². The summed E-state index contributed by atoms with van der Waals surface area (Å²) in [6, 6.07) is 0. The summed E-state index contributed by atoms with van der Waals surface area (Å²) in [5.74, 6) is -1.16. The van der Waals surface area contributed by atoms with Crippen molar-refractivity contribution in [1.82, 2.24) is 0 Å². The molecule has 0 N–H and O–H groups in total. The number of rotatable bonds is 28. The van der Waals surface area contributed by atoms with E-state index in [1.807, 2.05) is 0 Å². The normalized spacial score (nSPS) is 11.8. The minimum atomic E-state index is -1.16. The summed E-state index contributed by atoms with van der Waals surface area (Å²) in [6.07, 6.45) is 23.2. The molecule has 224 valence electrons. The zero-order valence-corrected chi connectivity index (χ0v) is 25.2. The minimum absolute atomic E-state index is 0.236. The Balaban J connectivity index is 4.35. The molecular weight excluding hydrogens is 480 g/mol. The van der Waals surface area contributed by atoms with Crippen LogP contribution in [0.25, 0.3) is 0 Å². The molecule has 0 aromatic heterocycles. The van der Waals surface area contributed by atoms with E-state index in [1.54, 1.807) is 0 Å². The lowest BCUT2D eigenvalue weighted by Crippen LogP contribution is -2.30. The lowest BCUT2D eigenvalue weighted by atomic mass is 10.1. The number of carbonyl (C=O) groups is 3. The van der Waals surface area contributed by atoms with Gasteiger partial charge in [-0.05, 0) is 19.3 Å². The molecule has 0 rings (SSSR count). The third-order valence-electron chi connectivity index (χ3n) is 6.86. The maximum atomic E-state index is 12.4. The zero-order chi connectivity index (χ0) is 28.1. The van der Waals surface area contributed by atoms with E-state index in [4.69, 9.17) is 14.2 Å². The van der Waals surface area contributed by atoms with E-state index in [-0.39, 0.29) is 25.4 Å². The van der Waals surface area contributed by atoms with Crippen molar-refractivity contribution in [2.45, 2.75) is 181 Å². The highest BCUT2D eigenvalue weighted by Gasteiger charge is 2.21. The van der Waals surface area contributed by atoms with Gasteiger partial charge in [0.2, 0.25) is 0 Å². The molecule has 0 aromatic rings. The molecule has 6 heteroatoms. The van der Waals surface area contributed by atoms with E-state index < -0.39 is 18.2 Å². The van der Waals surface area contributed by atoms with Crippen LogP contribution in [0, 0.1) is 0 Å². The first-order chi connectivity index (χ1) is 18.5. The Morgan fingerprint density at radius 2 is 0.711 bits per heavy atom. The van der Waals surface area contributed by atoms with Crippen LogP contribution in [0.5, 0.6) is 0 Å². The Kier molecular flexibility index (Phi) is 27.2. The van der Waals surface area contributed by atoms with Crippen LogP contribution in [0.2, 0.25) is 0 Å². The standard InChI is InChI=1S/C32H60O6/c1-4-7-10-13-15-16-18-21-24-27-31(35)38-32(28-36-29(33)25-22-19-12-9-6-3)37-30(34)26-23-20-17-14-11-8-5-2/h32H,4-28H2,1-3H3. The zero-order valence-electron chi connectivity index (χ0n) is 25.2. The Morgan fingerprint density at radius 3 is 1.05 bits per heavy atom. The number of hydrogen-bond acceptors (Lipinski definition) is 6. The van der Waals surface area contributed by atoms with Gasteiger partial charge in [0.1, 0.15) is 0 Å². The molecule has 0 radical (unpaired) electrons. The van der Waals surface area contributed by atoms with Crippen LogP contribution in [0.1, 0.15) is 175 Å². The molecule has 0 saturated heterocycles. The monoisotopic (exact) mass is 540 g/mol. The van der Waals surface area contributed by atoms with Crippen LogP contribution in [0.3, 0.4) is 0 Å². The molecule has 0 aliphatic rings. The lowest BCUT2D eigenvalue weighted by Gasteiger charge is -2.18. The second-order valence-corrected chi connectivity index (χ2v) is 10.7. The first-order valence-corrected chi connectivity index (χ1v) is 16.1. The molecule has 0 heterocycles. The fourth-order valence-corrected chi connectivity index (χ4v) is 4.42. The number of ether oxygens (including phenoxy) is 3. The summed E-state index contributed by atoms with van der Waals surface area (Å²) in [5, 5.41) is 0. The second kappa shape index (κ2) is 28.4. The summed E-state index contributed by atoms with van der Waals surface area (Å²) in [7, 11) is 0. The van der Waals surface area contributed by atoms with Crippen LogP contribution in [0.4, 0.5) is 0 Å². The van der Waals surface area contributed by atoms with Crippen molar-refractivity contribution in [3.05, 3.63) is 0 Å². The Morgan fingerprint density at radius 1 is 0.421 bits per heavy atom. The second-order valence-electron chi connectivity index (χ2n) is 10.7. The summed E-state index contributed by atoms with van der Waals surface area (Å²) >= 11 is 0. The third-order valence-corrected chi connectivity index (χ3v) is 6.86. The molecule has 0 bridgehead atoms. The van der Waals surface area contributed by atoms with Crippen molar-refractivity contribution in [2.24, 2.45) is 0 Å². The molecule has 0 aromatic carbocycles. The summed E-state index contributed by atoms with van der Waals surface area (Å²) in [6.45, 7) is 6.33. The molecule has 0 amide bonds. The number of hydrogen-bond donors (Lipinski definition) is 0. The van der Waals surface area contributed by atoms with Gasteiger partial charge in [-0.15, -0.1) is 0 Å². The van der Waals surface area contributed by atoms with Crippen molar-refractivity contribution in [3.63, 3.8) is 0 Å². The fourth-order valence-electron chi connectivity index (χ4n) is 4.42. The molecule has 38 heavy (non-hydrogen) atoms. The third kappa shape index (κ3) is 26.0. The predicted molar refractivity (Wildman–Crippen MR) is 155 cm³/mol. The average molecular weight is 541 g/mol. The van der Waals surface area contributed by atoms with Gasteiger partial charge in [0.25, 0.3) is 6.29 Å². The molecule has 1 unspecified atom stereocenters. The number of esters is 3. The van der Waals surface area contributed by atoms with Crippen molar-refractivity contribution >= 4 is 17.9 Å². The smallest absolute Gasteiger partial charge is 0.308 e. The molecule has 0 saturated carbocycles. The largest absolute Gasteiger partial charge is 0.458 e. The van der Waals surface area contributed by atoms with Crippen LogP contribution in [0.15, 0.2) is 0 Å². The summed E-state index contributed by atoms with van der Waals surface area (Å²) in [5.41, 5.74) is 0. The van der Waals surface area contributed by atoms with Crippen LogP contribution >= 0.6 is 0 Å². The van der Waals surface area contributed by atoms with Gasteiger partial charge in [-0.25, -0.2) is 0 Å². The van der Waals surface area contributed by atoms with E-state index in [1.165, 1.54) is 70.6 Å². The van der Waals surface area contributed by atoms with Gasteiger partial charge in [0.05, 0.1) is 0 Å². The summed E-state index contributed by atoms with van der Waals surface area (Å²) < 4.78 is 16.1. The van der Waals surface area contributed by atoms with E-state index in [0.717, 1.165) is 64.2 Å². The minimum Gasteiger partial charge on any atom is -0.458 e. The number of carbonyl (C=O) groups excluding carboxylic acids is 3.